The average Bonchev–Trinajstić information content (AvgIpc) is 2.90. The highest BCUT2D eigenvalue weighted by Gasteiger charge is 2.22. The van der Waals surface area contributed by atoms with E-state index >= 15 is 0 Å². The Hall–Kier alpha value is -2.60. The van der Waals surface area contributed by atoms with E-state index in [0.717, 1.165) is 75.0 Å². The molecule has 2 aliphatic rings. The summed E-state index contributed by atoms with van der Waals surface area (Å²) in [7, 11) is 1.73. The van der Waals surface area contributed by atoms with Gasteiger partial charge in [0.25, 0.3) is 0 Å². The first-order valence-electron chi connectivity index (χ1n) is 12.0. The smallest absolute Gasteiger partial charge is 0.236 e. The Morgan fingerprint density at radius 2 is 1.80 bits per heavy atom. The molecule has 2 aromatic rings. The molecule has 2 saturated heterocycles. The number of likely N-dealkylation sites (N-methyl/N-ethyl adjacent to an activating group) is 1. The van der Waals surface area contributed by atoms with Gasteiger partial charge < -0.3 is 29.9 Å². The van der Waals surface area contributed by atoms with E-state index in [1.807, 2.05) is 12.3 Å². The number of thioether (sulfide) groups is 1. The standard InChI is InChI=1S/C24H35N7O3S/c1-28(11-14-32)23(33)18-29-7-9-31(10-8-29)22-17-21(26-24(27-22)35-2)25-19-3-5-20(6-4-19)30-12-15-34-16-13-30/h3-6,17,32H,7-16,18H2,1-2H3,(H,25,26,27). The van der Waals surface area contributed by atoms with Gasteiger partial charge in [0.2, 0.25) is 5.91 Å². The number of aliphatic hydroxyl groups is 1. The second kappa shape index (κ2) is 12.4. The minimum absolute atomic E-state index is 0.0180. The maximum atomic E-state index is 12.3. The van der Waals surface area contributed by atoms with E-state index in [0.29, 0.717) is 13.1 Å². The van der Waals surface area contributed by atoms with Crippen LogP contribution in [0.4, 0.5) is 23.0 Å². The summed E-state index contributed by atoms with van der Waals surface area (Å²) in [5, 5.41) is 13.2. The van der Waals surface area contributed by atoms with Gasteiger partial charge in [-0.05, 0) is 30.5 Å². The van der Waals surface area contributed by atoms with Crippen molar-refractivity contribution in [2.75, 3.05) is 101 Å². The van der Waals surface area contributed by atoms with Crippen LogP contribution in [0.25, 0.3) is 0 Å². The first kappa shape index (κ1) is 25.5. The number of carbonyl (C=O) groups is 1. The zero-order valence-corrected chi connectivity index (χ0v) is 21.3. The quantitative estimate of drug-likeness (QED) is 0.387. The minimum atomic E-state index is -0.0180. The van der Waals surface area contributed by atoms with Crippen LogP contribution in [0.1, 0.15) is 0 Å². The number of piperazine rings is 1. The predicted molar refractivity (Wildman–Crippen MR) is 140 cm³/mol. The van der Waals surface area contributed by atoms with Gasteiger partial charge >= 0.3 is 0 Å². The molecule has 1 amide bonds. The number of rotatable bonds is 9. The number of carbonyl (C=O) groups excluding carboxylic acids is 1. The third-order valence-electron chi connectivity index (χ3n) is 6.31. The van der Waals surface area contributed by atoms with Crippen molar-refractivity contribution in [1.29, 1.82) is 0 Å². The van der Waals surface area contributed by atoms with Crippen LogP contribution in [0.5, 0.6) is 0 Å². The predicted octanol–water partition coefficient (Wildman–Crippen LogP) is 1.35. The molecule has 11 heteroatoms. The van der Waals surface area contributed by atoms with Gasteiger partial charge in [-0.3, -0.25) is 9.69 Å². The number of benzene rings is 1. The Bertz CT molecular complexity index is 964. The maximum Gasteiger partial charge on any atom is 0.236 e. The molecule has 10 nitrogen and oxygen atoms in total. The van der Waals surface area contributed by atoms with Gasteiger partial charge in [0.15, 0.2) is 5.16 Å². The molecule has 4 rings (SSSR count). The van der Waals surface area contributed by atoms with E-state index in [1.54, 1.807) is 11.9 Å². The van der Waals surface area contributed by atoms with Gasteiger partial charge in [0.1, 0.15) is 11.6 Å². The highest BCUT2D eigenvalue weighted by Crippen LogP contribution is 2.25. The van der Waals surface area contributed by atoms with Crippen molar-refractivity contribution >= 4 is 40.7 Å². The third kappa shape index (κ3) is 6.97. The fourth-order valence-corrected chi connectivity index (χ4v) is 4.55. The fourth-order valence-electron chi connectivity index (χ4n) is 4.18. The summed E-state index contributed by atoms with van der Waals surface area (Å²) in [5.74, 6) is 1.69. The lowest BCUT2D eigenvalue weighted by molar-refractivity contribution is -0.131. The van der Waals surface area contributed by atoms with E-state index in [-0.39, 0.29) is 12.5 Å². The highest BCUT2D eigenvalue weighted by atomic mass is 32.2. The molecule has 0 bridgehead atoms. The summed E-state index contributed by atoms with van der Waals surface area (Å²) in [6.07, 6.45) is 1.98. The zero-order chi connectivity index (χ0) is 24.6. The molecule has 2 N–H and O–H groups in total. The van der Waals surface area contributed by atoms with Gasteiger partial charge in [-0.2, -0.15) is 0 Å². The Kier molecular flexibility index (Phi) is 9.02. The van der Waals surface area contributed by atoms with Gasteiger partial charge in [-0.1, -0.05) is 11.8 Å². The topological polar surface area (TPSA) is 97.3 Å². The van der Waals surface area contributed by atoms with Gasteiger partial charge in [-0.25, -0.2) is 9.97 Å². The van der Waals surface area contributed by atoms with E-state index in [2.05, 4.69) is 49.3 Å². The number of aromatic nitrogens is 2. The number of hydrogen-bond acceptors (Lipinski definition) is 10. The van der Waals surface area contributed by atoms with Crippen LogP contribution in [0, 0.1) is 0 Å². The van der Waals surface area contributed by atoms with Crippen molar-refractivity contribution in [1.82, 2.24) is 19.8 Å². The molecule has 2 fully saturated rings. The monoisotopic (exact) mass is 501 g/mol. The van der Waals surface area contributed by atoms with Crippen LogP contribution >= 0.6 is 11.8 Å². The lowest BCUT2D eigenvalue weighted by Crippen LogP contribution is -2.50. The van der Waals surface area contributed by atoms with Crippen LogP contribution in [0.2, 0.25) is 0 Å². The zero-order valence-electron chi connectivity index (χ0n) is 20.5. The number of hydrogen-bond donors (Lipinski definition) is 2. The Balaban J connectivity index is 1.37. The average molecular weight is 502 g/mol. The number of amides is 1. The lowest BCUT2D eigenvalue weighted by atomic mass is 10.2. The normalized spacial score (nSPS) is 16.9. The second-order valence-corrected chi connectivity index (χ2v) is 9.44. The molecular weight excluding hydrogens is 466 g/mol. The number of nitrogens with one attached hydrogen (secondary N) is 1. The minimum Gasteiger partial charge on any atom is -0.395 e. The van der Waals surface area contributed by atoms with E-state index in [4.69, 9.17) is 14.8 Å². The van der Waals surface area contributed by atoms with Gasteiger partial charge in [0, 0.05) is 70.3 Å². The fraction of sp³-hybridized carbons (Fsp3) is 0.542. The van der Waals surface area contributed by atoms with Crippen LogP contribution in [0.3, 0.4) is 0 Å². The molecule has 1 aromatic carbocycles. The summed E-state index contributed by atoms with van der Waals surface area (Å²) in [4.78, 5) is 30.0. The van der Waals surface area contributed by atoms with E-state index < -0.39 is 0 Å². The molecule has 0 atom stereocenters. The first-order chi connectivity index (χ1) is 17.1. The van der Waals surface area contributed by atoms with Crippen molar-refractivity contribution in [2.45, 2.75) is 5.16 Å². The molecule has 0 aliphatic carbocycles. The molecule has 0 saturated carbocycles. The molecule has 35 heavy (non-hydrogen) atoms. The Morgan fingerprint density at radius 3 is 2.46 bits per heavy atom. The highest BCUT2D eigenvalue weighted by molar-refractivity contribution is 7.98. The summed E-state index contributed by atoms with van der Waals surface area (Å²) < 4.78 is 5.45. The Labute approximate surface area is 211 Å². The van der Waals surface area contributed by atoms with Crippen molar-refractivity contribution in [2.24, 2.45) is 0 Å². The molecule has 0 radical (unpaired) electrons. The largest absolute Gasteiger partial charge is 0.395 e. The van der Waals surface area contributed by atoms with E-state index in [9.17, 15) is 4.79 Å². The molecule has 0 spiro atoms. The maximum absolute atomic E-state index is 12.3. The summed E-state index contributed by atoms with van der Waals surface area (Å²) in [5.41, 5.74) is 2.18. The molecule has 1 aromatic heterocycles. The molecule has 0 unspecified atom stereocenters. The molecular formula is C24H35N7O3S. The molecule has 190 valence electrons. The van der Waals surface area contributed by atoms with Crippen LogP contribution < -0.4 is 15.1 Å². The number of aliphatic hydroxyl groups excluding tert-OH is 1. The van der Waals surface area contributed by atoms with Gasteiger partial charge in [0.05, 0.1) is 26.4 Å². The number of morpholine rings is 1. The SMILES string of the molecule is CSc1nc(Nc2ccc(N3CCOCC3)cc2)cc(N2CCN(CC(=O)N(C)CCO)CC2)n1. The molecule has 2 aliphatic heterocycles. The van der Waals surface area contributed by atoms with Crippen molar-refractivity contribution in [3.63, 3.8) is 0 Å². The van der Waals surface area contributed by atoms with Crippen LogP contribution in [-0.2, 0) is 9.53 Å². The van der Waals surface area contributed by atoms with Crippen LogP contribution in [0.15, 0.2) is 35.5 Å². The van der Waals surface area contributed by atoms with Gasteiger partial charge in [-0.15, -0.1) is 0 Å². The lowest BCUT2D eigenvalue weighted by Gasteiger charge is -2.35. The summed E-state index contributed by atoms with van der Waals surface area (Å²) >= 11 is 1.52. The molecule has 3 heterocycles. The number of ether oxygens (including phenoxy) is 1. The summed E-state index contributed by atoms with van der Waals surface area (Å²) in [6.45, 7) is 7.23. The first-order valence-corrected chi connectivity index (χ1v) is 13.2. The summed E-state index contributed by atoms with van der Waals surface area (Å²) in [6, 6.07) is 10.4. The van der Waals surface area contributed by atoms with E-state index in [1.165, 1.54) is 17.4 Å². The second-order valence-electron chi connectivity index (χ2n) is 8.67. The number of anilines is 4. The third-order valence-corrected chi connectivity index (χ3v) is 6.85. The van der Waals surface area contributed by atoms with Crippen molar-refractivity contribution in [3.05, 3.63) is 30.3 Å². The van der Waals surface area contributed by atoms with Crippen molar-refractivity contribution in [3.8, 4) is 0 Å². The number of nitrogens with zero attached hydrogens (tertiary/aromatic N) is 6. The Morgan fingerprint density at radius 1 is 1.09 bits per heavy atom. The van der Waals surface area contributed by atoms with Crippen molar-refractivity contribution < 1.29 is 14.6 Å². The van der Waals surface area contributed by atoms with Crippen LogP contribution in [-0.4, -0.2) is 116 Å².